The fourth-order valence-electron chi connectivity index (χ4n) is 6.95. The normalized spacial score (nSPS) is 25.7. The van der Waals surface area contributed by atoms with Crippen LogP contribution in [0.3, 0.4) is 0 Å². The summed E-state index contributed by atoms with van der Waals surface area (Å²) in [5.41, 5.74) is 0.981. The Balaban J connectivity index is 0.00000231. The van der Waals surface area contributed by atoms with Crippen molar-refractivity contribution in [2.75, 3.05) is 32.8 Å². The van der Waals surface area contributed by atoms with Crippen molar-refractivity contribution < 1.29 is 19.1 Å². The van der Waals surface area contributed by atoms with Gasteiger partial charge in [-0.2, -0.15) is 0 Å². The van der Waals surface area contributed by atoms with Crippen LogP contribution in [-0.2, 0) is 14.4 Å². The molecule has 9 nitrogen and oxygen atoms in total. The Labute approximate surface area is 256 Å². The molecule has 5 rings (SSSR count). The first kappa shape index (κ1) is 33.4. The maximum Gasteiger partial charge on any atom is 0.246 e. The third kappa shape index (κ3) is 7.66. The summed E-state index contributed by atoms with van der Waals surface area (Å²) < 4.78 is 5.80. The number of rotatable bonds is 8. The highest BCUT2D eigenvalue weighted by Crippen LogP contribution is 2.33. The van der Waals surface area contributed by atoms with Gasteiger partial charge in [0.05, 0.1) is 18.7 Å². The van der Waals surface area contributed by atoms with E-state index < -0.39 is 12.1 Å². The molecule has 3 heterocycles. The Morgan fingerprint density at radius 3 is 2.51 bits per heavy atom. The van der Waals surface area contributed by atoms with Gasteiger partial charge < -0.3 is 25.6 Å². The number of hydrogen-bond donors (Lipinski definition) is 3. The first-order chi connectivity index (χ1) is 19.0. The zero-order valence-corrected chi connectivity index (χ0v) is 25.9. The number of carbonyl (C=O) groups excluding carboxylic acids is 3. The molecule has 0 unspecified atom stereocenters. The summed E-state index contributed by atoms with van der Waals surface area (Å²) in [6.45, 7) is 7.05. The minimum Gasteiger partial charge on any atom is -0.493 e. The molecular formula is C30H47Cl2N5O4. The van der Waals surface area contributed by atoms with Crippen LogP contribution in [-0.4, -0.2) is 84.5 Å². The van der Waals surface area contributed by atoms with Gasteiger partial charge in [-0.25, -0.2) is 0 Å². The van der Waals surface area contributed by atoms with Crippen LogP contribution >= 0.6 is 24.8 Å². The number of amides is 3. The van der Waals surface area contributed by atoms with E-state index in [1.807, 2.05) is 43.0 Å². The molecule has 41 heavy (non-hydrogen) atoms. The lowest BCUT2D eigenvalue weighted by atomic mass is 9.82. The monoisotopic (exact) mass is 611 g/mol. The van der Waals surface area contributed by atoms with Crippen LogP contribution in [0.5, 0.6) is 5.75 Å². The number of benzene rings is 1. The van der Waals surface area contributed by atoms with E-state index in [2.05, 4.69) is 20.9 Å². The van der Waals surface area contributed by atoms with Gasteiger partial charge in [0.1, 0.15) is 17.8 Å². The van der Waals surface area contributed by atoms with Gasteiger partial charge in [0.25, 0.3) is 0 Å². The minimum atomic E-state index is -0.606. The molecular weight excluding hydrogens is 565 g/mol. The van der Waals surface area contributed by atoms with Gasteiger partial charge >= 0.3 is 0 Å². The van der Waals surface area contributed by atoms with E-state index in [1.54, 1.807) is 0 Å². The first-order valence-electron chi connectivity index (χ1n) is 15.1. The maximum absolute atomic E-state index is 14.4. The summed E-state index contributed by atoms with van der Waals surface area (Å²) in [6.07, 6.45) is 7.95. The summed E-state index contributed by atoms with van der Waals surface area (Å²) in [5, 5.41) is 9.56. The largest absolute Gasteiger partial charge is 0.493 e. The summed E-state index contributed by atoms with van der Waals surface area (Å²) in [7, 11) is 0. The second-order valence-corrected chi connectivity index (χ2v) is 11.7. The van der Waals surface area contributed by atoms with Gasteiger partial charge in [-0.3, -0.25) is 19.3 Å². The number of halogens is 2. The Bertz CT molecular complexity index is 1040. The lowest BCUT2D eigenvalue weighted by Crippen LogP contribution is -2.66. The van der Waals surface area contributed by atoms with Crippen molar-refractivity contribution in [2.24, 2.45) is 5.92 Å². The average Bonchev–Trinajstić information content (AvgIpc) is 3.43. The molecule has 0 bridgehead atoms. The molecule has 1 aromatic rings. The van der Waals surface area contributed by atoms with Crippen molar-refractivity contribution in [1.82, 2.24) is 25.8 Å². The summed E-state index contributed by atoms with van der Waals surface area (Å²) in [5.74, 6) is 0.528. The van der Waals surface area contributed by atoms with Crippen molar-refractivity contribution >= 4 is 42.5 Å². The highest BCUT2D eigenvalue weighted by molar-refractivity contribution is 5.93. The van der Waals surface area contributed by atoms with E-state index in [0.29, 0.717) is 32.7 Å². The Hall–Kier alpha value is -2.07. The average molecular weight is 613 g/mol. The molecule has 3 aliphatic heterocycles. The van der Waals surface area contributed by atoms with Crippen molar-refractivity contribution in [3.8, 4) is 5.75 Å². The number of hydrogen-bond acceptors (Lipinski definition) is 6. The quantitative estimate of drug-likeness (QED) is 0.417. The number of ether oxygens (including phenoxy) is 1. The molecule has 0 radical (unpaired) electrons. The number of para-hydroxylation sites is 1. The van der Waals surface area contributed by atoms with Crippen LogP contribution in [0.25, 0.3) is 0 Å². The van der Waals surface area contributed by atoms with E-state index in [9.17, 15) is 14.4 Å². The van der Waals surface area contributed by atoms with Gasteiger partial charge in [-0.05, 0) is 57.7 Å². The van der Waals surface area contributed by atoms with Crippen LogP contribution in [0, 0.1) is 5.92 Å². The second-order valence-electron chi connectivity index (χ2n) is 11.7. The number of piperazine rings is 1. The molecule has 11 heteroatoms. The van der Waals surface area contributed by atoms with Gasteiger partial charge in [0.2, 0.25) is 17.7 Å². The molecule has 3 fully saturated rings. The van der Waals surface area contributed by atoms with E-state index in [1.165, 1.54) is 0 Å². The topological polar surface area (TPSA) is 103 Å². The van der Waals surface area contributed by atoms with Crippen molar-refractivity contribution in [3.63, 3.8) is 0 Å². The zero-order chi connectivity index (χ0) is 27.4. The van der Waals surface area contributed by atoms with E-state index >= 15 is 0 Å². The standard InChI is InChI=1S/C30H45N5O4.2ClH/c1-3-31-20(2)28(36)33-27(21-10-5-4-6-11-21)30(38)35-18-22-12-9-16-34(22)19-25(35)29(37)32-24-15-17-39-26-14-8-7-13-23(24)26;;/h7-8,13-14,20-22,24-25,27,31H,3-6,9-12,15-19H2,1-2H3,(H,32,37)(H,33,36);2*1H/t20-,22+,24+,25-,27-;;/m0../s1. The van der Waals surface area contributed by atoms with Crippen LogP contribution in [0.15, 0.2) is 24.3 Å². The van der Waals surface area contributed by atoms with Gasteiger partial charge in [0, 0.05) is 31.1 Å². The van der Waals surface area contributed by atoms with Crippen molar-refractivity contribution in [1.29, 1.82) is 0 Å². The number of nitrogens with one attached hydrogen (secondary N) is 3. The number of carbonyl (C=O) groups is 3. The first-order valence-corrected chi connectivity index (χ1v) is 15.1. The fraction of sp³-hybridized carbons (Fsp3) is 0.700. The van der Waals surface area contributed by atoms with Crippen molar-refractivity contribution in [3.05, 3.63) is 29.8 Å². The molecule has 0 spiro atoms. The summed E-state index contributed by atoms with van der Waals surface area (Å²) >= 11 is 0. The Kier molecular flexibility index (Phi) is 12.6. The highest BCUT2D eigenvalue weighted by Gasteiger charge is 2.45. The molecule has 5 atom stereocenters. The molecule has 1 saturated carbocycles. The molecule has 0 aromatic heterocycles. The van der Waals surface area contributed by atoms with Crippen molar-refractivity contribution in [2.45, 2.75) is 95.4 Å². The van der Waals surface area contributed by atoms with Crippen LogP contribution in [0.4, 0.5) is 0 Å². The number of nitrogens with zero attached hydrogens (tertiary/aromatic N) is 2. The van der Waals surface area contributed by atoms with Gasteiger partial charge in [-0.1, -0.05) is 44.4 Å². The van der Waals surface area contributed by atoms with Crippen LogP contribution in [0.1, 0.15) is 76.8 Å². The van der Waals surface area contributed by atoms with Crippen LogP contribution < -0.4 is 20.7 Å². The minimum absolute atomic E-state index is 0. The Morgan fingerprint density at radius 2 is 1.76 bits per heavy atom. The zero-order valence-electron chi connectivity index (χ0n) is 24.3. The molecule has 4 aliphatic rings. The summed E-state index contributed by atoms with van der Waals surface area (Å²) in [4.78, 5) is 45.6. The van der Waals surface area contributed by atoms with Gasteiger partial charge in [-0.15, -0.1) is 24.8 Å². The van der Waals surface area contributed by atoms with E-state index in [0.717, 1.165) is 62.8 Å². The molecule has 2 saturated heterocycles. The third-order valence-electron chi connectivity index (χ3n) is 9.14. The predicted molar refractivity (Wildman–Crippen MR) is 164 cm³/mol. The lowest BCUT2D eigenvalue weighted by Gasteiger charge is -2.45. The molecule has 1 aliphatic carbocycles. The number of likely N-dealkylation sites (N-methyl/N-ethyl adjacent to an activating group) is 1. The highest BCUT2D eigenvalue weighted by atomic mass is 35.5. The smallest absolute Gasteiger partial charge is 0.246 e. The third-order valence-corrected chi connectivity index (χ3v) is 9.14. The predicted octanol–water partition coefficient (Wildman–Crippen LogP) is 3.21. The second kappa shape index (κ2) is 15.4. The van der Waals surface area contributed by atoms with Gasteiger partial charge in [0.15, 0.2) is 0 Å². The SMILES string of the molecule is CCN[C@@H](C)C(=O)N[C@H](C(=O)N1C[C@H]2CCCN2C[C@H]1C(=O)N[C@@H]1CCOc2ccccc21)C1CCCCC1.Cl.Cl. The van der Waals surface area contributed by atoms with Crippen LogP contribution in [0.2, 0.25) is 0 Å². The van der Waals surface area contributed by atoms with E-state index in [4.69, 9.17) is 4.74 Å². The molecule has 1 aromatic carbocycles. The molecule has 230 valence electrons. The number of fused-ring (bicyclic) bond motifs is 2. The Morgan fingerprint density at radius 1 is 1.00 bits per heavy atom. The molecule has 3 amide bonds. The molecule has 3 N–H and O–H groups in total. The summed E-state index contributed by atoms with van der Waals surface area (Å²) in [6, 6.07) is 6.38. The maximum atomic E-state index is 14.4. The fourth-order valence-corrected chi connectivity index (χ4v) is 6.95. The lowest BCUT2D eigenvalue weighted by molar-refractivity contribution is -0.149. The van der Waals surface area contributed by atoms with E-state index in [-0.39, 0.29) is 66.6 Å².